The highest BCUT2D eigenvalue weighted by Gasteiger charge is 2.39. The van der Waals surface area contributed by atoms with Crippen molar-refractivity contribution < 1.29 is 19.0 Å². The fourth-order valence-corrected chi connectivity index (χ4v) is 3.86. The average Bonchev–Trinajstić information content (AvgIpc) is 2.77. The summed E-state index contributed by atoms with van der Waals surface area (Å²) < 4.78 is 17.6. The van der Waals surface area contributed by atoms with Crippen LogP contribution in [0.3, 0.4) is 0 Å². The first-order chi connectivity index (χ1) is 14.0. The van der Waals surface area contributed by atoms with Crippen LogP contribution < -0.4 is 19.5 Å². The van der Waals surface area contributed by atoms with E-state index >= 15 is 0 Å². The lowest BCUT2D eigenvalue weighted by Crippen LogP contribution is -2.47. The second-order valence-corrected chi connectivity index (χ2v) is 7.49. The molecule has 2 aromatic rings. The van der Waals surface area contributed by atoms with E-state index in [1.165, 1.54) is 0 Å². The molecule has 3 rings (SSSR count). The molecule has 156 valence electrons. The predicted molar refractivity (Wildman–Crippen MR) is 114 cm³/mol. The van der Waals surface area contributed by atoms with E-state index in [0.29, 0.717) is 17.9 Å². The Hall–Kier alpha value is -2.69. The quantitative estimate of drug-likeness (QED) is 0.677. The minimum atomic E-state index is -0.574. The van der Waals surface area contributed by atoms with Crippen LogP contribution in [0.2, 0.25) is 0 Å². The standard InChI is InChI=1S/C24H31NO4/c1-5-21(28-18-12-10-11-17(15-18)27-4)23(26)25-20-16-24(6-2,7-3)29-22-14-9-8-13-19(20)22/h8-15,20-21H,5-7,16H2,1-4H3,(H,25,26)/t20-,21-/m1/s1. The second kappa shape index (κ2) is 9.21. The molecule has 1 heterocycles. The third-order valence-corrected chi connectivity index (χ3v) is 5.78. The van der Waals surface area contributed by atoms with E-state index in [-0.39, 0.29) is 17.6 Å². The highest BCUT2D eigenvalue weighted by atomic mass is 16.5. The number of ether oxygens (including phenoxy) is 3. The highest BCUT2D eigenvalue weighted by molar-refractivity contribution is 5.81. The monoisotopic (exact) mass is 397 g/mol. The number of carbonyl (C=O) groups excluding carboxylic acids is 1. The van der Waals surface area contributed by atoms with E-state index < -0.39 is 6.10 Å². The van der Waals surface area contributed by atoms with Crippen molar-refractivity contribution in [3.8, 4) is 17.2 Å². The molecule has 2 atom stereocenters. The summed E-state index contributed by atoms with van der Waals surface area (Å²) in [5.74, 6) is 2.06. The third-order valence-electron chi connectivity index (χ3n) is 5.78. The molecule has 0 saturated carbocycles. The van der Waals surface area contributed by atoms with Crippen molar-refractivity contribution in [3.63, 3.8) is 0 Å². The molecule has 1 amide bonds. The van der Waals surface area contributed by atoms with E-state index in [9.17, 15) is 4.79 Å². The zero-order valence-corrected chi connectivity index (χ0v) is 17.7. The van der Waals surface area contributed by atoms with E-state index in [1.807, 2.05) is 49.4 Å². The number of hydrogen-bond acceptors (Lipinski definition) is 4. The lowest BCUT2D eigenvalue weighted by atomic mass is 9.83. The summed E-state index contributed by atoms with van der Waals surface area (Å²) in [6.45, 7) is 6.22. The summed E-state index contributed by atoms with van der Waals surface area (Å²) in [7, 11) is 1.61. The fourth-order valence-electron chi connectivity index (χ4n) is 3.86. The van der Waals surface area contributed by atoms with Gasteiger partial charge in [-0.1, -0.05) is 45.0 Å². The van der Waals surface area contributed by atoms with Crippen LogP contribution in [0.5, 0.6) is 17.2 Å². The highest BCUT2D eigenvalue weighted by Crippen LogP contribution is 2.42. The molecule has 0 spiro atoms. The van der Waals surface area contributed by atoms with Crippen LogP contribution in [0.1, 0.15) is 58.1 Å². The number of carbonyl (C=O) groups is 1. The Balaban J connectivity index is 1.78. The minimum Gasteiger partial charge on any atom is -0.497 e. The lowest BCUT2D eigenvalue weighted by molar-refractivity contribution is -0.129. The molecule has 5 heteroatoms. The molecule has 0 unspecified atom stereocenters. The zero-order chi connectivity index (χ0) is 20.9. The molecule has 1 N–H and O–H groups in total. The first kappa shape index (κ1) is 21.0. The minimum absolute atomic E-state index is 0.102. The molecule has 29 heavy (non-hydrogen) atoms. The predicted octanol–water partition coefficient (Wildman–Crippen LogP) is 5.05. The number of amides is 1. The maximum absolute atomic E-state index is 13.1. The maximum atomic E-state index is 13.1. The van der Waals surface area contributed by atoms with Gasteiger partial charge in [-0.05, 0) is 37.5 Å². The Morgan fingerprint density at radius 1 is 1.14 bits per heavy atom. The Labute approximate surface area is 173 Å². The summed E-state index contributed by atoms with van der Waals surface area (Å²) in [5, 5.41) is 3.22. The molecule has 0 aromatic heterocycles. The molecule has 0 fully saturated rings. The van der Waals surface area contributed by atoms with Gasteiger partial charge in [-0.25, -0.2) is 0 Å². The van der Waals surface area contributed by atoms with Crippen LogP contribution in [0.4, 0.5) is 0 Å². The first-order valence-corrected chi connectivity index (χ1v) is 10.4. The normalized spacial score (nSPS) is 18.1. The van der Waals surface area contributed by atoms with Crippen molar-refractivity contribution in [1.82, 2.24) is 5.32 Å². The van der Waals surface area contributed by atoms with E-state index in [4.69, 9.17) is 14.2 Å². The van der Waals surface area contributed by atoms with Crippen LogP contribution in [0, 0.1) is 0 Å². The van der Waals surface area contributed by atoms with Crippen LogP contribution in [-0.2, 0) is 4.79 Å². The molecular weight excluding hydrogens is 366 g/mol. The van der Waals surface area contributed by atoms with Gasteiger partial charge in [0.15, 0.2) is 6.10 Å². The van der Waals surface area contributed by atoms with Gasteiger partial charge in [0.25, 0.3) is 5.91 Å². The number of fused-ring (bicyclic) bond motifs is 1. The summed E-state index contributed by atoms with van der Waals surface area (Å²) in [6.07, 6.45) is 2.53. The molecule has 0 saturated heterocycles. The van der Waals surface area contributed by atoms with E-state index in [2.05, 4.69) is 19.2 Å². The Morgan fingerprint density at radius 3 is 2.55 bits per heavy atom. The van der Waals surface area contributed by atoms with Gasteiger partial charge in [0.2, 0.25) is 0 Å². The molecule has 5 nitrogen and oxygen atoms in total. The van der Waals surface area contributed by atoms with Gasteiger partial charge in [0, 0.05) is 18.1 Å². The largest absolute Gasteiger partial charge is 0.497 e. The van der Waals surface area contributed by atoms with Crippen molar-refractivity contribution in [1.29, 1.82) is 0 Å². The van der Waals surface area contributed by atoms with Crippen LogP contribution >= 0.6 is 0 Å². The van der Waals surface area contributed by atoms with Gasteiger partial charge in [-0.3, -0.25) is 4.79 Å². The Kier molecular flexibility index (Phi) is 6.68. The van der Waals surface area contributed by atoms with Gasteiger partial charge < -0.3 is 19.5 Å². The fraction of sp³-hybridized carbons (Fsp3) is 0.458. The molecule has 0 radical (unpaired) electrons. The zero-order valence-electron chi connectivity index (χ0n) is 17.7. The van der Waals surface area contributed by atoms with E-state index in [1.54, 1.807) is 13.2 Å². The average molecular weight is 398 g/mol. The van der Waals surface area contributed by atoms with Gasteiger partial charge in [-0.15, -0.1) is 0 Å². The maximum Gasteiger partial charge on any atom is 0.261 e. The van der Waals surface area contributed by atoms with Crippen molar-refractivity contribution in [2.24, 2.45) is 0 Å². The summed E-state index contributed by atoms with van der Waals surface area (Å²) >= 11 is 0. The van der Waals surface area contributed by atoms with Crippen molar-refractivity contribution in [2.75, 3.05) is 7.11 Å². The van der Waals surface area contributed by atoms with Crippen LogP contribution in [-0.4, -0.2) is 24.7 Å². The van der Waals surface area contributed by atoms with Crippen molar-refractivity contribution in [3.05, 3.63) is 54.1 Å². The van der Waals surface area contributed by atoms with Crippen LogP contribution in [0.15, 0.2) is 48.5 Å². The number of benzene rings is 2. The Bertz CT molecular complexity index is 831. The second-order valence-electron chi connectivity index (χ2n) is 7.49. The molecule has 1 aliphatic heterocycles. The topological polar surface area (TPSA) is 56.8 Å². The number of rotatable bonds is 8. The molecule has 2 aromatic carbocycles. The molecular formula is C24H31NO4. The van der Waals surface area contributed by atoms with Gasteiger partial charge >= 0.3 is 0 Å². The van der Waals surface area contributed by atoms with E-state index in [0.717, 1.165) is 30.6 Å². The van der Waals surface area contributed by atoms with Crippen LogP contribution in [0.25, 0.3) is 0 Å². The molecule has 0 bridgehead atoms. The first-order valence-electron chi connectivity index (χ1n) is 10.4. The van der Waals surface area contributed by atoms with Crippen molar-refractivity contribution >= 4 is 5.91 Å². The molecule has 0 aliphatic carbocycles. The SMILES string of the molecule is CC[C@@H](Oc1cccc(OC)c1)C(=O)N[C@@H]1CC(CC)(CC)Oc2ccccc21. The van der Waals surface area contributed by atoms with Gasteiger partial charge in [0.05, 0.1) is 13.2 Å². The molecule has 1 aliphatic rings. The summed E-state index contributed by atoms with van der Waals surface area (Å²) in [4.78, 5) is 13.1. The lowest BCUT2D eigenvalue weighted by Gasteiger charge is -2.42. The smallest absolute Gasteiger partial charge is 0.261 e. The Morgan fingerprint density at radius 2 is 1.86 bits per heavy atom. The number of para-hydroxylation sites is 1. The van der Waals surface area contributed by atoms with Gasteiger partial charge in [0.1, 0.15) is 22.8 Å². The van der Waals surface area contributed by atoms with Crippen molar-refractivity contribution in [2.45, 2.75) is 64.2 Å². The number of methoxy groups -OCH3 is 1. The number of nitrogens with one attached hydrogen (secondary N) is 1. The third kappa shape index (κ3) is 4.66. The summed E-state index contributed by atoms with van der Waals surface area (Å²) in [6, 6.07) is 15.2. The number of hydrogen-bond donors (Lipinski definition) is 1. The van der Waals surface area contributed by atoms with Gasteiger partial charge in [-0.2, -0.15) is 0 Å². The summed E-state index contributed by atoms with van der Waals surface area (Å²) in [5.41, 5.74) is 0.761.